The van der Waals surface area contributed by atoms with Crippen LogP contribution in [0.15, 0.2) is 24.4 Å². The van der Waals surface area contributed by atoms with Gasteiger partial charge < -0.3 is 15.5 Å². The zero-order valence-electron chi connectivity index (χ0n) is 18.0. The Labute approximate surface area is 174 Å². The van der Waals surface area contributed by atoms with E-state index in [1.165, 1.54) is 12.8 Å². The maximum atomic E-state index is 13.1. The summed E-state index contributed by atoms with van der Waals surface area (Å²) in [5.74, 6) is 0.490. The minimum Gasteiger partial charge on any atom is -0.349 e. The van der Waals surface area contributed by atoms with Crippen molar-refractivity contribution >= 4 is 11.9 Å². The number of pyridine rings is 1. The normalized spacial score (nSPS) is 19.8. The number of piperazine rings is 1. The van der Waals surface area contributed by atoms with Crippen LogP contribution in [0.1, 0.15) is 52.1 Å². The molecule has 0 spiro atoms. The fraction of sp³-hybridized carbons (Fsp3) is 0.682. The highest BCUT2D eigenvalue weighted by molar-refractivity contribution is 5.82. The van der Waals surface area contributed by atoms with Gasteiger partial charge in [-0.2, -0.15) is 0 Å². The van der Waals surface area contributed by atoms with Gasteiger partial charge in [0.15, 0.2) is 0 Å². The van der Waals surface area contributed by atoms with Crippen molar-refractivity contribution in [1.82, 2.24) is 25.4 Å². The van der Waals surface area contributed by atoms with E-state index in [2.05, 4.69) is 20.5 Å². The average molecular weight is 402 g/mol. The van der Waals surface area contributed by atoms with Crippen LogP contribution in [-0.2, 0) is 11.3 Å². The monoisotopic (exact) mass is 401 g/mol. The lowest BCUT2D eigenvalue weighted by molar-refractivity contribution is -0.129. The summed E-state index contributed by atoms with van der Waals surface area (Å²) in [4.78, 5) is 34.0. The second kappa shape index (κ2) is 9.57. The van der Waals surface area contributed by atoms with Gasteiger partial charge in [-0.25, -0.2) is 4.79 Å². The summed E-state index contributed by atoms with van der Waals surface area (Å²) in [5, 5.41) is 6.13. The predicted molar refractivity (Wildman–Crippen MR) is 113 cm³/mol. The molecule has 1 aromatic rings. The Morgan fingerprint density at radius 1 is 1.14 bits per heavy atom. The molecule has 0 bridgehead atoms. The first kappa shape index (κ1) is 21.6. The van der Waals surface area contributed by atoms with Crippen LogP contribution in [-0.4, -0.2) is 64.5 Å². The molecule has 160 valence electrons. The molecule has 2 heterocycles. The molecule has 1 saturated carbocycles. The lowest BCUT2D eigenvalue weighted by Gasteiger charge is -2.41. The van der Waals surface area contributed by atoms with Gasteiger partial charge in [0, 0.05) is 37.9 Å². The number of carbonyl (C=O) groups excluding carboxylic acids is 2. The topological polar surface area (TPSA) is 77.6 Å². The number of nitrogens with one attached hydrogen (secondary N) is 2. The van der Waals surface area contributed by atoms with Crippen LogP contribution in [0, 0.1) is 5.92 Å². The highest BCUT2D eigenvalue weighted by atomic mass is 16.2. The van der Waals surface area contributed by atoms with Crippen LogP contribution >= 0.6 is 0 Å². The van der Waals surface area contributed by atoms with E-state index >= 15 is 0 Å². The largest absolute Gasteiger partial charge is 0.349 e. The van der Waals surface area contributed by atoms with Crippen molar-refractivity contribution in [2.24, 2.45) is 5.92 Å². The number of carbonyl (C=O) groups is 2. The number of amides is 3. The molecular formula is C22H35N5O2. The van der Waals surface area contributed by atoms with Crippen LogP contribution in [0.25, 0.3) is 0 Å². The smallest absolute Gasteiger partial charge is 0.317 e. The molecule has 1 aliphatic carbocycles. The second-order valence-electron chi connectivity index (χ2n) is 9.23. The molecule has 2 aliphatic rings. The summed E-state index contributed by atoms with van der Waals surface area (Å²) < 4.78 is 0. The van der Waals surface area contributed by atoms with E-state index in [4.69, 9.17) is 0 Å². The molecule has 0 radical (unpaired) electrons. The summed E-state index contributed by atoms with van der Waals surface area (Å²) >= 11 is 0. The SMILES string of the molecule is CC(C)(C)NC(=O)N1CCN(C(C(=O)NCc2ccccn2)C2CCCC2)CC1. The van der Waals surface area contributed by atoms with Crippen LogP contribution < -0.4 is 10.6 Å². The van der Waals surface area contributed by atoms with Gasteiger partial charge in [0.05, 0.1) is 18.3 Å². The van der Waals surface area contributed by atoms with E-state index in [0.29, 0.717) is 25.6 Å². The van der Waals surface area contributed by atoms with Crippen molar-refractivity contribution in [3.63, 3.8) is 0 Å². The molecule has 1 unspecified atom stereocenters. The molecule has 2 fully saturated rings. The Kier molecular flexibility index (Phi) is 7.11. The minimum atomic E-state index is -0.244. The van der Waals surface area contributed by atoms with Gasteiger partial charge >= 0.3 is 6.03 Å². The van der Waals surface area contributed by atoms with Gasteiger partial charge in [-0.1, -0.05) is 18.9 Å². The maximum Gasteiger partial charge on any atom is 0.317 e. The first-order valence-electron chi connectivity index (χ1n) is 10.8. The second-order valence-corrected chi connectivity index (χ2v) is 9.23. The molecule has 2 N–H and O–H groups in total. The van der Waals surface area contributed by atoms with E-state index in [1.807, 2.05) is 43.9 Å². The van der Waals surface area contributed by atoms with Crippen molar-refractivity contribution in [2.75, 3.05) is 26.2 Å². The molecule has 1 aromatic heterocycles. The Balaban J connectivity index is 1.59. The van der Waals surface area contributed by atoms with Crippen molar-refractivity contribution in [3.05, 3.63) is 30.1 Å². The summed E-state index contributed by atoms with van der Waals surface area (Å²) in [5.41, 5.74) is 0.626. The molecule has 0 aromatic carbocycles. The van der Waals surface area contributed by atoms with E-state index < -0.39 is 0 Å². The van der Waals surface area contributed by atoms with Gasteiger partial charge in [-0.05, 0) is 51.7 Å². The summed E-state index contributed by atoms with van der Waals surface area (Å²) in [6.45, 7) is 9.19. The molecule has 3 amide bonds. The minimum absolute atomic E-state index is 0.0193. The van der Waals surface area contributed by atoms with E-state index in [0.717, 1.165) is 31.6 Å². The number of rotatable bonds is 5. The lowest BCUT2D eigenvalue weighted by Crippen LogP contribution is -2.60. The van der Waals surface area contributed by atoms with Crippen LogP contribution in [0.2, 0.25) is 0 Å². The average Bonchev–Trinajstić information content (AvgIpc) is 3.21. The quantitative estimate of drug-likeness (QED) is 0.794. The molecule has 29 heavy (non-hydrogen) atoms. The first-order valence-corrected chi connectivity index (χ1v) is 10.8. The summed E-state index contributed by atoms with van der Waals surface area (Å²) in [6, 6.07) is 5.60. The Bertz CT molecular complexity index is 674. The van der Waals surface area contributed by atoms with Crippen molar-refractivity contribution < 1.29 is 9.59 Å². The number of nitrogens with zero attached hydrogens (tertiary/aromatic N) is 3. The van der Waals surface area contributed by atoms with Crippen molar-refractivity contribution in [3.8, 4) is 0 Å². The third-order valence-corrected chi connectivity index (χ3v) is 5.76. The highest BCUT2D eigenvalue weighted by Gasteiger charge is 2.37. The van der Waals surface area contributed by atoms with Gasteiger partial charge in [-0.3, -0.25) is 14.7 Å². The fourth-order valence-electron chi connectivity index (χ4n) is 4.34. The number of aromatic nitrogens is 1. The molecule has 3 rings (SSSR count). The zero-order valence-corrected chi connectivity index (χ0v) is 18.0. The molecule has 1 saturated heterocycles. The van der Waals surface area contributed by atoms with Crippen LogP contribution in [0.5, 0.6) is 0 Å². The third kappa shape index (κ3) is 6.16. The van der Waals surface area contributed by atoms with Crippen molar-refractivity contribution in [2.45, 2.75) is 64.6 Å². The first-order chi connectivity index (χ1) is 13.8. The van der Waals surface area contributed by atoms with Gasteiger partial charge in [-0.15, -0.1) is 0 Å². The molecule has 1 atom stereocenters. The summed E-state index contributed by atoms with van der Waals surface area (Å²) in [7, 11) is 0. The van der Waals surface area contributed by atoms with Gasteiger partial charge in [0.2, 0.25) is 5.91 Å². The number of urea groups is 1. The predicted octanol–water partition coefficient (Wildman–Crippen LogP) is 2.38. The fourth-order valence-corrected chi connectivity index (χ4v) is 4.34. The third-order valence-electron chi connectivity index (χ3n) is 5.76. The number of hydrogen-bond donors (Lipinski definition) is 2. The van der Waals surface area contributed by atoms with Crippen LogP contribution in [0.3, 0.4) is 0 Å². The Morgan fingerprint density at radius 2 is 1.83 bits per heavy atom. The lowest BCUT2D eigenvalue weighted by atomic mass is 9.95. The van der Waals surface area contributed by atoms with Crippen LogP contribution in [0.4, 0.5) is 4.79 Å². The molecule has 1 aliphatic heterocycles. The Morgan fingerprint density at radius 3 is 2.41 bits per heavy atom. The zero-order chi connectivity index (χ0) is 20.9. The van der Waals surface area contributed by atoms with Gasteiger partial charge in [0.1, 0.15) is 0 Å². The number of hydrogen-bond acceptors (Lipinski definition) is 4. The van der Waals surface area contributed by atoms with E-state index in [-0.39, 0.29) is 23.5 Å². The van der Waals surface area contributed by atoms with Gasteiger partial charge in [0.25, 0.3) is 0 Å². The van der Waals surface area contributed by atoms with E-state index in [1.54, 1.807) is 6.20 Å². The maximum absolute atomic E-state index is 13.1. The van der Waals surface area contributed by atoms with E-state index in [9.17, 15) is 9.59 Å². The molecule has 7 heteroatoms. The molecular weight excluding hydrogens is 366 g/mol. The highest BCUT2D eigenvalue weighted by Crippen LogP contribution is 2.31. The standard InChI is InChI=1S/C22H35N5O2/c1-22(2,3)25-21(29)27-14-12-26(13-15-27)19(17-8-4-5-9-17)20(28)24-16-18-10-6-7-11-23-18/h6-7,10-11,17,19H,4-5,8-9,12-16H2,1-3H3,(H,24,28)(H,25,29). The van der Waals surface area contributed by atoms with Crippen molar-refractivity contribution in [1.29, 1.82) is 0 Å². The molecule has 7 nitrogen and oxygen atoms in total. The Hall–Kier alpha value is -2.15. The summed E-state index contributed by atoms with van der Waals surface area (Å²) in [6.07, 6.45) is 6.35.